The molecule has 0 aliphatic rings. The monoisotopic (exact) mass is 280 g/mol. The van der Waals surface area contributed by atoms with Crippen molar-refractivity contribution in [2.24, 2.45) is 0 Å². The first kappa shape index (κ1) is 13.1. The molecule has 0 unspecified atom stereocenters. The van der Waals surface area contributed by atoms with Gasteiger partial charge in [-0.1, -0.05) is 24.3 Å². The normalized spacial score (nSPS) is 11.1. The molecule has 0 spiro atoms. The van der Waals surface area contributed by atoms with Crippen molar-refractivity contribution in [1.29, 1.82) is 0 Å². The van der Waals surface area contributed by atoms with Crippen LogP contribution in [-0.2, 0) is 4.79 Å². The lowest BCUT2D eigenvalue weighted by molar-refractivity contribution is -0.111. The number of carbonyl (C=O) groups is 1. The van der Waals surface area contributed by atoms with Crippen molar-refractivity contribution in [3.8, 4) is 0 Å². The predicted octanol–water partition coefficient (Wildman–Crippen LogP) is 3.96. The molecule has 0 saturated heterocycles. The molecule has 0 fully saturated rings. The maximum absolute atomic E-state index is 13.0. The molecule has 21 heavy (non-hydrogen) atoms. The number of para-hydroxylation sites is 1. The fourth-order valence-corrected chi connectivity index (χ4v) is 2.15. The number of hydrogen-bond acceptors (Lipinski definition) is 1. The number of benzene rings is 2. The molecule has 1 amide bonds. The van der Waals surface area contributed by atoms with Crippen LogP contribution < -0.4 is 5.32 Å². The van der Waals surface area contributed by atoms with Crippen molar-refractivity contribution in [3.63, 3.8) is 0 Å². The molecule has 1 heterocycles. The zero-order chi connectivity index (χ0) is 14.7. The summed E-state index contributed by atoms with van der Waals surface area (Å²) in [4.78, 5) is 15.0. The zero-order valence-electron chi connectivity index (χ0n) is 11.1. The average molecular weight is 280 g/mol. The number of anilines is 1. The van der Waals surface area contributed by atoms with Crippen LogP contribution >= 0.6 is 0 Å². The predicted molar refractivity (Wildman–Crippen MR) is 82.4 cm³/mol. The van der Waals surface area contributed by atoms with Crippen LogP contribution in [0.25, 0.3) is 17.0 Å². The van der Waals surface area contributed by atoms with Crippen LogP contribution in [0.15, 0.2) is 60.8 Å². The summed E-state index contributed by atoms with van der Waals surface area (Å²) in [5, 5.41) is 3.67. The van der Waals surface area contributed by atoms with Gasteiger partial charge in [0.05, 0.1) is 0 Å². The second-order valence-electron chi connectivity index (χ2n) is 4.62. The minimum absolute atomic E-state index is 0.300. The first-order valence-corrected chi connectivity index (χ1v) is 6.53. The third-order valence-corrected chi connectivity index (χ3v) is 3.13. The van der Waals surface area contributed by atoms with E-state index in [0.29, 0.717) is 5.69 Å². The number of fused-ring (bicyclic) bond motifs is 1. The van der Waals surface area contributed by atoms with Crippen LogP contribution in [0.3, 0.4) is 0 Å². The number of H-pyrrole nitrogens is 1. The second-order valence-corrected chi connectivity index (χ2v) is 4.62. The van der Waals surface area contributed by atoms with Crippen LogP contribution in [0.2, 0.25) is 0 Å². The summed E-state index contributed by atoms with van der Waals surface area (Å²) in [5.41, 5.74) is 2.38. The molecule has 0 atom stereocenters. The highest BCUT2D eigenvalue weighted by Gasteiger charge is 2.01. The van der Waals surface area contributed by atoms with Crippen molar-refractivity contribution in [1.82, 2.24) is 4.98 Å². The molecule has 3 rings (SSSR count). The van der Waals surface area contributed by atoms with Gasteiger partial charge in [-0.2, -0.15) is 0 Å². The average Bonchev–Trinajstić information content (AvgIpc) is 2.88. The van der Waals surface area contributed by atoms with E-state index in [4.69, 9.17) is 0 Å². The third-order valence-electron chi connectivity index (χ3n) is 3.13. The number of amides is 1. The lowest BCUT2D eigenvalue weighted by Crippen LogP contribution is -2.07. The molecule has 2 aromatic carbocycles. The van der Waals surface area contributed by atoms with Crippen molar-refractivity contribution in [3.05, 3.63) is 72.2 Å². The Labute approximate surface area is 121 Å². The third kappa shape index (κ3) is 3.00. The molecule has 0 saturated carbocycles. The van der Waals surface area contributed by atoms with Gasteiger partial charge >= 0.3 is 0 Å². The molecule has 0 aliphatic carbocycles. The number of halogens is 1. The quantitative estimate of drug-likeness (QED) is 0.701. The maximum atomic E-state index is 13.0. The zero-order valence-corrected chi connectivity index (χ0v) is 11.1. The molecular weight excluding hydrogens is 267 g/mol. The van der Waals surface area contributed by atoms with Gasteiger partial charge in [-0.3, -0.25) is 4.79 Å². The molecule has 2 N–H and O–H groups in total. The van der Waals surface area contributed by atoms with E-state index in [1.807, 2.05) is 30.5 Å². The van der Waals surface area contributed by atoms with Crippen LogP contribution in [0, 0.1) is 5.82 Å². The van der Waals surface area contributed by atoms with Crippen LogP contribution in [0.5, 0.6) is 0 Å². The topological polar surface area (TPSA) is 44.9 Å². The second kappa shape index (κ2) is 5.63. The van der Waals surface area contributed by atoms with E-state index >= 15 is 0 Å². The van der Waals surface area contributed by atoms with Gasteiger partial charge in [0.2, 0.25) is 5.91 Å². The van der Waals surface area contributed by atoms with Crippen molar-refractivity contribution < 1.29 is 9.18 Å². The molecule has 4 heteroatoms. The number of aromatic nitrogens is 1. The number of hydrogen-bond donors (Lipinski definition) is 2. The fourth-order valence-electron chi connectivity index (χ4n) is 2.15. The molecule has 3 aromatic rings. The van der Waals surface area contributed by atoms with Crippen molar-refractivity contribution >= 4 is 28.6 Å². The standard InChI is InChI=1S/C17H13FN2O/c18-13-4-3-5-14(10-13)20-17(21)9-8-12-11-19-16-7-2-1-6-15(12)16/h1-11,19H,(H,20,21)/b9-8+. The van der Waals surface area contributed by atoms with E-state index in [1.54, 1.807) is 18.2 Å². The summed E-state index contributed by atoms with van der Waals surface area (Å²) < 4.78 is 13.0. The number of aromatic amines is 1. The molecule has 0 radical (unpaired) electrons. The van der Waals surface area contributed by atoms with Gasteiger partial charge in [-0.05, 0) is 35.9 Å². The summed E-state index contributed by atoms with van der Waals surface area (Å²) in [6.07, 6.45) is 5.00. The summed E-state index contributed by atoms with van der Waals surface area (Å²) >= 11 is 0. The maximum Gasteiger partial charge on any atom is 0.248 e. The minimum Gasteiger partial charge on any atom is -0.361 e. The Kier molecular flexibility index (Phi) is 3.51. The minimum atomic E-state index is -0.381. The highest BCUT2D eigenvalue weighted by Crippen LogP contribution is 2.18. The van der Waals surface area contributed by atoms with Crippen molar-refractivity contribution in [2.45, 2.75) is 0 Å². The first-order chi connectivity index (χ1) is 10.2. The SMILES string of the molecule is O=C(/C=C/c1c[nH]c2ccccc12)Nc1cccc(F)c1. The van der Waals surface area contributed by atoms with E-state index in [9.17, 15) is 9.18 Å². The lowest BCUT2D eigenvalue weighted by atomic mass is 10.1. The van der Waals surface area contributed by atoms with E-state index in [0.717, 1.165) is 16.5 Å². The number of rotatable bonds is 3. The summed E-state index contributed by atoms with van der Waals surface area (Å²) in [6.45, 7) is 0. The Morgan fingerprint density at radius 2 is 2.00 bits per heavy atom. The van der Waals surface area contributed by atoms with Crippen LogP contribution in [0.4, 0.5) is 10.1 Å². The number of nitrogens with one attached hydrogen (secondary N) is 2. The van der Waals surface area contributed by atoms with E-state index in [2.05, 4.69) is 10.3 Å². The van der Waals surface area contributed by atoms with Gasteiger partial charge in [-0.15, -0.1) is 0 Å². The van der Waals surface area contributed by atoms with Crippen LogP contribution in [0.1, 0.15) is 5.56 Å². The highest BCUT2D eigenvalue weighted by atomic mass is 19.1. The Morgan fingerprint density at radius 3 is 2.86 bits per heavy atom. The summed E-state index contributed by atoms with van der Waals surface area (Å²) in [6, 6.07) is 13.6. The van der Waals surface area contributed by atoms with Gasteiger partial charge in [0.25, 0.3) is 0 Å². The first-order valence-electron chi connectivity index (χ1n) is 6.53. The van der Waals surface area contributed by atoms with E-state index in [-0.39, 0.29) is 11.7 Å². The summed E-state index contributed by atoms with van der Waals surface area (Å²) in [7, 11) is 0. The number of carbonyl (C=O) groups excluding carboxylic acids is 1. The van der Waals surface area contributed by atoms with Crippen LogP contribution in [-0.4, -0.2) is 10.9 Å². The lowest BCUT2D eigenvalue weighted by Gasteiger charge is -2.01. The van der Waals surface area contributed by atoms with Crippen molar-refractivity contribution in [2.75, 3.05) is 5.32 Å². The molecule has 1 aromatic heterocycles. The van der Waals surface area contributed by atoms with Gasteiger partial charge in [-0.25, -0.2) is 4.39 Å². The largest absolute Gasteiger partial charge is 0.361 e. The molecule has 104 valence electrons. The highest BCUT2D eigenvalue weighted by molar-refractivity contribution is 6.03. The smallest absolute Gasteiger partial charge is 0.248 e. The molecule has 0 bridgehead atoms. The van der Waals surface area contributed by atoms with E-state index in [1.165, 1.54) is 18.2 Å². The Balaban J connectivity index is 1.75. The van der Waals surface area contributed by atoms with Gasteiger partial charge in [0, 0.05) is 28.9 Å². The Bertz CT molecular complexity index is 820. The van der Waals surface area contributed by atoms with Gasteiger partial charge in [0.15, 0.2) is 0 Å². The molecule has 0 aliphatic heterocycles. The van der Waals surface area contributed by atoms with Gasteiger partial charge < -0.3 is 10.3 Å². The van der Waals surface area contributed by atoms with Gasteiger partial charge in [0.1, 0.15) is 5.82 Å². The summed E-state index contributed by atoms with van der Waals surface area (Å²) in [5.74, 6) is -0.681. The Hall–Kier alpha value is -2.88. The molecule has 3 nitrogen and oxygen atoms in total. The van der Waals surface area contributed by atoms with E-state index < -0.39 is 0 Å². The fraction of sp³-hybridized carbons (Fsp3) is 0. The molecular formula is C17H13FN2O. The Morgan fingerprint density at radius 1 is 1.14 bits per heavy atom.